The molecule has 2 rings (SSSR count). The summed E-state index contributed by atoms with van der Waals surface area (Å²) in [7, 11) is 0. The molecule has 0 aliphatic rings. The van der Waals surface area contributed by atoms with Crippen LogP contribution in [-0.2, 0) is 9.59 Å². The number of nitrogens with one attached hydrogen (secondary N) is 1. The zero-order chi connectivity index (χ0) is 18.6. The van der Waals surface area contributed by atoms with Crippen molar-refractivity contribution in [3.05, 3.63) is 59.7 Å². The van der Waals surface area contributed by atoms with E-state index in [0.29, 0.717) is 5.69 Å². The Kier molecular flexibility index (Phi) is 5.85. The van der Waals surface area contributed by atoms with E-state index in [-0.39, 0.29) is 5.92 Å². The summed E-state index contributed by atoms with van der Waals surface area (Å²) in [6, 6.07) is 10.6. The van der Waals surface area contributed by atoms with E-state index >= 15 is 0 Å². The number of halogens is 2. The molecule has 0 aliphatic heterocycles. The van der Waals surface area contributed by atoms with Gasteiger partial charge in [0.25, 0.3) is 0 Å². The Balaban J connectivity index is 2.24. The first-order valence-electron chi connectivity index (χ1n) is 7.92. The van der Waals surface area contributed by atoms with Gasteiger partial charge in [-0.3, -0.25) is 14.5 Å². The highest BCUT2D eigenvalue weighted by Gasteiger charge is 2.23. The smallest absolute Gasteiger partial charge is 0.244 e. The van der Waals surface area contributed by atoms with Crippen LogP contribution in [0.15, 0.2) is 42.5 Å². The predicted molar refractivity (Wildman–Crippen MR) is 93.5 cm³/mol. The summed E-state index contributed by atoms with van der Waals surface area (Å²) in [6.45, 7) is 4.64. The summed E-state index contributed by atoms with van der Waals surface area (Å²) in [5.41, 5.74) is 1.02. The highest BCUT2D eigenvalue weighted by Crippen LogP contribution is 2.25. The van der Waals surface area contributed by atoms with Crippen LogP contribution in [0.5, 0.6) is 0 Å². The third kappa shape index (κ3) is 4.41. The third-order valence-electron chi connectivity index (χ3n) is 3.75. The quantitative estimate of drug-likeness (QED) is 0.887. The molecular weight excluding hydrogens is 326 g/mol. The van der Waals surface area contributed by atoms with Crippen LogP contribution in [0.4, 0.5) is 20.2 Å². The summed E-state index contributed by atoms with van der Waals surface area (Å²) in [5.74, 6) is -2.78. The second-order valence-corrected chi connectivity index (χ2v) is 5.97. The molecule has 132 valence electrons. The number of carbonyl (C=O) groups excluding carboxylic acids is 2. The van der Waals surface area contributed by atoms with Crippen LogP contribution in [0.2, 0.25) is 0 Å². The van der Waals surface area contributed by atoms with Crippen LogP contribution in [0, 0.1) is 11.6 Å². The number of hydrogen-bond donors (Lipinski definition) is 1. The van der Waals surface area contributed by atoms with Gasteiger partial charge in [0.05, 0.1) is 0 Å². The maximum Gasteiger partial charge on any atom is 0.244 e. The lowest BCUT2D eigenvalue weighted by Crippen LogP contribution is -2.38. The summed E-state index contributed by atoms with van der Waals surface area (Å²) < 4.78 is 27.9. The van der Waals surface area contributed by atoms with E-state index in [1.54, 1.807) is 12.1 Å². The van der Waals surface area contributed by atoms with Crippen LogP contribution < -0.4 is 10.2 Å². The molecule has 0 spiro atoms. The summed E-state index contributed by atoms with van der Waals surface area (Å²) in [5, 5.41) is 2.71. The molecule has 2 aromatic rings. The lowest BCUT2D eigenvalue weighted by Gasteiger charge is -2.22. The second kappa shape index (κ2) is 7.88. The highest BCUT2D eigenvalue weighted by atomic mass is 19.1. The van der Waals surface area contributed by atoms with Crippen molar-refractivity contribution in [2.45, 2.75) is 26.7 Å². The van der Waals surface area contributed by atoms with Gasteiger partial charge in [0.2, 0.25) is 11.8 Å². The molecule has 0 aliphatic carbocycles. The predicted octanol–water partition coefficient (Wildman–Crippen LogP) is 4.08. The minimum Gasteiger partial charge on any atom is -0.324 e. The number of benzene rings is 2. The molecule has 0 bridgehead atoms. The number of hydrogen-bond acceptors (Lipinski definition) is 2. The van der Waals surface area contributed by atoms with E-state index in [9.17, 15) is 18.4 Å². The van der Waals surface area contributed by atoms with Crippen molar-refractivity contribution >= 4 is 23.2 Å². The fourth-order valence-corrected chi connectivity index (χ4v) is 2.54. The van der Waals surface area contributed by atoms with Crippen molar-refractivity contribution in [3.8, 4) is 0 Å². The van der Waals surface area contributed by atoms with Gasteiger partial charge in [-0.25, -0.2) is 8.78 Å². The second-order valence-electron chi connectivity index (χ2n) is 5.97. The summed E-state index contributed by atoms with van der Waals surface area (Å²) in [6.07, 6.45) is 0. The Hall–Kier alpha value is -2.76. The maximum absolute atomic E-state index is 13.9. The highest BCUT2D eigenvalue weighted by molar-refractivity contribution is 6.02. The van der Waals surface area contributed by atoms with Gasteiger partial charge >= 0.3 is 0 Å². The van der Waals surface area contributed by atoms with Gasteiger partial charge in [0.15, 0.2) is 0 Å². The minimum absolute atomic E-state index is 0.185. The van der Waals surface area contributed by atoms with E-state index in [1.165, 1.54) is 6.07 Å². The molecule has 4 nitrogen and oxygen atoms in total. The lowest BCUT2D eigenvalue weighted by atomic mass is 10.0. The number of para-hydroxylation sites is 2. The van der Waals surface area contributed by atoms with E-state index in [4.69, 9.17) is 0 Å². The van der Waals surface area contributed by atoms with Crippen LogP contribution in [0.25, 0.3) is 0 Å². The molecule has 0 heterocycles. The Morgan fingerprint density at radius 1 is 1.04 bits per heavy atom. The zero-order valence-electron chi connectivity index (χ0n) is 14.3. The Bertz CT molecular complexity index is 770. The Morgan fingerprint density at radius 3 is 2.20 bits per heavy atom. The molecule has 2 aromatic carbocycles. The zero-order valence-corrected chi connectivity index (χ0v) is 14.3. The number of rotatable bonds is 5. The van der Waals surface area contributed by atoms with Crippen LogP contribution >= 0.6 is 0 Å². The van der Waals surface area contributed by atoms with E-state index in [0.717, 1.165) is 29.5 Å². The van der Waals surface area contributed by atoms with Gasteiger partial charge in [-0.1, -0.05) is 38.1 Å². The normalized spacial score (nSPS) is 10.6. The molecule has 25 heavy (non-hydrogen) atoms. The SMILES string of the molecule is CC(=O)N(CC(=O)Nc1ccccc1C(C)C)c1c(F)cccc1F. The fourth-order valence-electron chi connectivity index (χ4n) is 2.54. The summed E-state index contributed by atoms with van der Waals surface area (Å²) >= 11 is 0. The largest absolute Gasteiger partial charge is 0.324 e. The first kappa shape index (κ1) is 18.6. The van der Waals surface area contributed by atoms with Crippen molar-refractivity contribution in [1.82, 2.24) is 0 Å². The number of amides is 2. The van der Waals surface area contributed by atoms with Crippen LogP contribution in [-0.4, -0.2) is 18.4 Å². The molecule has 0 saturated carbocycles. The van der Waals surface area contributed by atoms with Crippen molar-refractivity contribution in [3.63, 3.8) is 0 Å². The van der Waals surface area contributed by atoms with Gasteiger partial charge in [0, 0.05) is 12.6 Å². The number of carbonyl (C=O) groups is 2. The maximum atomic E-state index is 13.9. The third-order valence-corrected chi connectivity index (χ3v) is 3.75. The number of nitrogens with zero attached hydrogens (tertiary/aromatic N) is 1. The van der Waals surface area contributed by atoms with Crippen molar-refractivity contribution < 1.29 is 18.4 Å². The van der Waals surface area contributed by atoms with Crippen LogP contribution in [0.3, 0.4) is 0 Å². The molecule has 6 heteroatoms. The van der Waals surface area contributed by atoms with E-state index in [2.05, 4.69) is 5.32 Å². The molecule has 0 unspecified atom stereocenters. The van der Waals surface area contributed by atoms with E-state index in [1.807, 2.05) is 26.0 Å². The molecule has 0 atom stereocenters. The van der Waals surface area contributed by atoms with Crippen LogP contribution in [0.1, 0.15) is 32.3 Å². The van der Waals surface area contributed by atoms with Gasteiger partial charge in [0.1, 0.15) is 23.9 Å². The average Bonchev–Trinajstić information content (AvgIpc) is 2.53. The number of anilines is 2. The van der Waals surface area contributed by atoms with Gasteiger partial charge < -0.3 is 5.32 Å². The van der Waals surface area contributed by atoms with E-state index < -0.39 is 35.7 Å². The fraction of sp³-hybridized carbons (Fsp3) is 0.263. The Morgan fingerprint density at radius 2 is 1.64 bits per heavy atom. The van der Waals surface area contributed by atoms with Gasteiger partial charge in [-0.05, 0) is 29.7 Å². The van der Waals surface area contributed by atoms with Crippen molar-refractivity contribution in [2.24, 2.45) is 0 Å². The molecule has 2 amide bonds. The lowest BCUT2D eigenvalue weighted by molar-refractivity contribution is -0.120. The molecule has 1 N–H and O–H groups in total. The summed E-state index contributed by atoms with van der Waals surface area (Å²) in [4.78, 5) is 25.0. The minimum atomic E-state index is -0.898. The average molecular weight is 346 g/mol. The molecule has 0 radical (unpaired) electrons. The first-order chi connectivity index (χ1) is 11.8. The standard InChI is InChI=1S/C19H20F2N2O2/c1-12(2)14-7-4-5-10-17(14)22-18(25)11-23(13(3)24)19-15(20)8-6-9-16(19)21/h4-10,12H,11H2,1-3H3,(H,22,25). The van der Waals surface area contributed by atoms with Gasteiger partial charge in [-0.15, -0.1) is 0 Å². The molecule has 0 saturated heterocycles. The van der Waals surface area contributed by atoms with Gasteiger partial charge in [-0.2, -0.15) is 0 Å². The Labute approximate surface area is 145 Å². The topological polar surface area (TPSA) is 49.4 Å². The molecule has 0 aromatic heterocycles. The monoisotopic (exact) mass is 346 g/mol. The van der Waals surface area contributed by atoms with Crippen molar-refractivity contribution in [1.29, 1.82) is 0 Å². The first-order valence-corrected chi connectivity index (χ1v) is 7.92. The molecule has 0 fully saturated rings. The van der Waals surface area contributed by atoms with Crippen molar-refractivity contribution in [2.75, 3.05) is 16.8 Å². The molecular formula is C19H20F2N2O2.